The van der Waals surface area contributed by atoms with Gasteiger partial charge in [0.25, 0.3) is 0 Å². The third-order valence-corrected chi connectivity index (χ3v) is 5.88. The van der Waals surface area contributed by atoms with Gasteiger partial charge in [0.2, 0.25) is 0 Å². The summed E-state index contributed by atoms with van der Waals surface area (Å²) in [5, 5.41) is 17.0. The van der Waals surface area contributed by atoms with Crippen LogP contribution in [-0.4, -0.2) is 26.3 Å². The molecule has 0 bridgehead atoms. The number of hydrogen-bond donors (Lipinski definition) is 1. The second-order valence-electron chi connectivity index (χ2n) is 5.56. The maximum absolute atomic E-state index is 4.70. The molecule has 7 heteroatoms. The minimum Gasteiger partial charge on any atom is -0.317 e. The van der Waals surface area contributed by atoms with Gasteiger partial charge < -0.3 is 9.88 Å². The van der Waals surface area contributed by atoms with Crippen LogP contribution >= 0.6 is 22.7 Å². The molecule has 0 aromatic carbocycles. The van der Waals surface area contributed by atoms with Gasteiger partial charge in [-0.2, -0.15) is 0 Å². The molecule has 1 N–H and O–H groups in total. The van der Waals surface area contributed by atoms with E-state index in [1.165, 1.54) is 11.3 Å². The van der Waals surface area contributed by atoms with Gasteiger partial charge in [0.05, 0.1) is 10.6 Å². The van der Waals surface area contributed by atoms with Crippen LogP contribution in [0.4, 0.5) is 0 Å². The lowest BCUT2D eigenvalue weighted by Gasteiger charge is -2.23. The van der Waals surface area contributed by atoms with Crippen LogP contribution in [-0.2, 0) is 19.5 Å². The van der Waals surface area contributed by atoms with Gasteiger partial charge in [-0.25, -0.2) is 4.98 Å². The first-order valence-corrected chi connectivity index (χ1v) is 9.20. The predicted molar refractivity (Wildman–Crippen MR) is 89.0 cm³/mol. The van der Waals surface area contributed by atoms with Crippen molar-refractivity contribution in [1.82, 2.24) is 25.1 Å². The minimum atomic E-state index is 0.652. The maximum atomic E-state index is 4.70. The van der Waals surface area contributed by atoms with Crippen LogP contribution in [0.2, 0.25) is 0 Å². The fraction of sp³-hybridized carbons (Fsp3) is 0.400. The minimum absolute atomic E-state index is 0.652. The van der Waals surface area contributed by atoms with Gasteiger partial charge in [-0.3, -0.25) is 0 Å². The van der Waals surface area contributed by atoms with Crippen LogP contribution in [0.3, 0.4) is 0 Å². The number of hydrogen-bond acceptors (Lipinski definition) is 6. The second-order valence-corrected chi connectivity index (χ2v) is 7.36. The van der Waals surface area contributed by atoms with E-state index in [2.05, 4.69) is 43.0 Å². The summed E-state index contributed by atoms with van der Waals surface area (Å²) in [4.78, 5) is 5.96. The Labute approximate surface area is 137 Å². The van der Waals surface area contributed by atoms with Gasteiger partial charge in [0, 0.05) is 31.4 Å². The monoisotopic (exact) mass is 331 g/mol. The smallest absolute Gasteiger partial charge is 0.133 e. The number of thiazole rings is 1. The number of thiophene rings is 1. The Kier molecular flexibility index (Phi) is 4.01. The van der Waals surface area contributed by atoms with Gasteiger partial charge >= 0.3 is 0 Å². The molecule has 0 spiro atoms. The third-order valence-electron chi connectivity index (χ3n) is 3.95. The van der Waals surface area contributed by atoms with Crippen molar-refractivity contribution in [2.45, 2.75) is 25.9 Å². The summed E-state index contributed by atoms with van der Waals surface area (Å²) in [6.45, 7) is 2.88. The molecule has 0 saturated heterocycles. The molecule has 0 saturated carbocycles. The van der Waals surface area contributed by atoms with Crippen LogP contribution < -0.4 is 5.32 Å². The first-order valence-electron chi connectivity index (χ1n) is 7.44. The van der Waals surface area contributed by atoms with E-state index in [0.29, 0.717) is 5.92 Å². The number of fused-ring (bicyclic) bond motifs is 1. The standard InChI is InChI=1S/C15H17N5S2/c1-2-13(21-5-1)15-18-12(9-22-15)7-16-6-11-3-4-14-19-17-10-20(14)8-11/h1-2,5,9-11,16H,3-4,6-8H2/t11-/m1/s1. The molecule has 0 radical (unpaired) electrons. The Morgan fingerprint density at radius 3 is 3.27 bits per heavy atom. The zero-order chi connectivity index (χ0) is 14.8. The molecule has 0 unspecified atom stereocenters. The Morgan fingerprint density at radius 1 is 1.36 bits per heavy atom. The highest BCUT2D eigenvalue weighted by Crippen LogP contribution is 2.27. The lowest BCUT2D eigenvalue weighted by molar-refractivity contribution is 0.347. The highest BCUT2D eigenvalue weighted by atomic mass is 32.1. The summed E-state index contributed by atoms with van der Waals surface area (Å²) in [6, 6.07) is 4.20. The topological polar surface area (TPSA) is 55.6 Å². The number of nitrogens with zero attached hydrogens (tertiary/aromatic N) is 4. The second kappa shape index (κ2) is 6.28. The van der Waals surface area contributed by atoms with E-state index < -0.39 is 0 Å². The third kappa shape index (κ3) is 2.97. The molecule has 0 fully saturated rings. The summed E-state index contributed by atoms with van der Waals surface area (Å²) in [5.41, 5.74) is 1.13. The molecule has 3 aromatic rings. The van der Waals surface area contributed by atoms with Crippen molar-refractivity contribution in [2.75, 3.05) is 6.54 Å². The predicted octanol–water partition coefficient (Wildman–Crippen LogP) is 2.82. The molecule has 5 nitrogen and oxygen atoms in total. The molecule has 3 aromatic heterocycles. The Morgan fingerprint density at radius 2 is 2.36 bits per heavy atom. The van der Waals surface area contributed by atoms with Crippen LogP contribution in [0.15, 0.2) is 29.2 Å². The maximum Gasteiger partial charge on any atom is 0.133 e. The zero-order valence-corrected chi connectivity index (χ0v) is 13.7. The van der Waals surface area contributed by atoms with Crippen molar-refractivity contribution in [3.63, 3.8) is 0 Å². The van der Waals surface area contributed by atoms with E-state index in [1.807, 2.05) is 6.33 Å². The van der Waals surface area contributed by atoms with E-state index >= 15 is 0 Å². The molecule has 1 atom stereocenters. The lowest BCUT2D eigenvalue weighted by atomic mass is 9.99. The van der Waals surface area contributed by atoms with Gasteiger partial charge in [-0.05, 0) is 23.8 Å². The Balaban J connectivity index is 1.29. The zero-order valence-electron chi connectivity index (χ0n) is 12.1. The largest absolute Gasteiger partial charge is 0.317 e. The summed E-state index contributed by atoms with van der Waals surface area (Å²) in [7, 11) is 0. The summed E-state index contributed by atoms with van der Waals surface area (Å²) < 4.78 is 2.17. The van der Waals surface area contributed by atoms with Crippen molar-refractivity contribution in [3.05, 3.63) is 40.7 Å². The SMILES string of the molecule is c1csc(-c2nc(CNC[C@H]3CCc4nncn4C3)cs2)c1. The number of aryl methyl sites for hydroxylation is 1. The average molecular weight is 331 g/mol. The van der Waals surface area contributed by atoms with Crippen LogP contribution in [0.5, 0.6) is 0 Å². The summed E-state index contributed by atoms with van der Waals surface area (Å²) in [5.74, 6) is 1.77. The molecule has 1 aliphatic rings. The van der Waals surface area contributed by atoms with E-state index in [-0.39, 0.29) is 0 Å². The Hall–Kier alpha value is -1.57. The van der Waals surface area contributed by atoms with Gasteiger partial charge in [0.1, 0.15) is 17.2 Å². The van der Waals surface area contributed by atoms with E-state index in [9.17, 15) is 0 Å². The van der Waals surface area contributed by atoms with Crippen molar-refractivity contribution in [2.24, 2.45) is 5.92 Å². The highest BCUT2D eigenvalue weighted by molar-refractivity contribution is 7.20. The van der Waals surface area contributed by atoms with Gasteiger partial charge in [-0.15, -0.1) is 32.9 Å². The lowest BCUT2D eigenvalue weighted by Crippen LogP contribution is -2.29. The molecule has 0 amide bonds. The molecular formula is C15H17N5S2. The Bertz CT molecular complexity index is 731. The van der Waals surface area contributed by atoms with Crippen LogP contribution in [0, 0.1) is 5.92 Å². The molecule has 1 aliphatic heterocycles. The van der Waals surface area contributed by atoms with Crippen molar-refractivity contribution >= 4 is 22.7 Å². The molecular weight excluding hydrogens is 314 g/mol. The summed E-state index contributed by atoms with van der Waals surface area (Å²) >= 11 is 3.47. The first kappa shape index (κ1) is 14.0. The van der Waals surface area contributed by atoms with E-state index in [4.69, 9.17) is 4.98 Å². The van der Waals surface area contributed by atoms with Crippen molar-refractivity contribution in [1.29, 1.82) is 0 Å². The molecule has 0 aliphatic carbocycles. The van der Waals surface area contributed by atoms with Crippen molar-refractivity contribution < 1.29 is 0 Å². The summed E-state index contributed by atoms with van der Waals surface area (Å²) in [6.07, 6.45) is 4.06. The average Bonchev–Trinajstić information content (AvgIpc) is 3.28. The molecule has 22 heavy (non-hydrogen) atoms. The number of rotatable bonds is 5. The van der Waals surface area contributed by atoms with Gasteiger partial charge in [-0.1, -0.05) is 6.07 Å². The highest BCUT2D eigenvalue weighted by Gasteiger charge is 2.19. The van der Waals surface area contributed by atoms with E-state index in [0.717, 1.165) is 42.6 Å². The molecule has 114 valence electrons. The van der Waals surface area contributed by atoms with Crippen LogP contribution in [0.1, 0.15) is 17.9 Å². The molecule has 4 heterocycles. The van der Waals surface area contributed by atoms with Crippen molar-refractivity contribution in [3.8, 4) is 9.88 Å². The fourth-order valence-corrected chi connectivity index (χ4v) is 4.43. The number of aromatic nitrogens is 4. The molecule has 4 rings (SSSR count). The normalized spacial score (nSPS) is 17.5. The first-order chi connectivity index (χ1) is 10.9. The van der Waals surface area contributed by atoms with Crippen LogP contribution in [0.25, 0.3) is 9.88 Å². The fourth-order valence-electron chi connectivity index (χ4n) is 2.80. The van der Waals surface area contributed by atoms with E-state index in [1.54, 1.807) is 22.7 Å². The quantitative estimate of drug-likeness (QED) is 0.781. The van der Waals surface area contributed by atoms with Gasteiger partial charge in [0.15, 0.2) is 0 Å². The number of nitrogens with one attached hydrogen (secondary N) is 1.